The molecule has 51 heavy (non-hydrogen) atoms. The third-order valence-corrected chi connectivity index (χ3v) is 13.6. The molecule has 2 aliphatic carbocycles. The molecule has 0 unspecified atom stereocenters. The Kier molecular flexibility index (Phi) is 8.51. The molecule has 0 bridgehead atoms. The van der Waals surface area contributed by atoms with E-state index in [4.69, 9.17) is 9.72 Å². The lowest BCUT2D eigenvalue weighted by molar-refractivity contribution is -0.141. The minimum Gasteiger partial charge on any atom is -0.483 e. The molecule has 2 aromatic rings. The van der Waals surface area contributed by atoms with E-state index in [9.17, 15) is 38.0 Å². The lowest BCUT2D eigenvalue weighted by atomic mass is 9.87. The van der Waals surface area contributed by atoms with E-state index in [-0.39, 0.29) is 25.8 Å². The first-order valence-electron chi connectivity index (χ1n) is 17.6. The van der Waals surface area contributed by atoms with Crippen LogP contribution in [0, 0.1) is 24.2 Å². The van der Waals surface area contributed by atoms with E-state index >= 15 is 0 Å². The third-order valence-electron chi connectivity index (χ3n) is 11.4. The van der Waals surface area contributed by atoms with Crippen molar-refractivity contribution in [1.29, 1.82) is 5.26 Å². The van der Waals surface area contributed by atoms with E-state index in [1.807, 2.05) is 19.1 Å². The second-order valence-electron chi connectivity index (χ2n) is 15.0. The number of hydrogen-bond donors (Lipinski definition) is 4. The van der Waals surface area contributed by atoms with E-state index in [1.165, 1.54) is 4.90 Å². The summed E-state index contributed by atoms with van der Waals surface area (Å²) < 4.78 is 34.1. The van der Waals surface area contributed by atoms with Gasteiger partial charge < -0.3 is 25.4 Å². The monoisotopic (exact) mass is 718 g/mol. The molecule has 4 N–H and O–H groups in total. The lowest BCUT2D eigenvalue weighted by Crippen LogP contribution is -2.58. The number of sulfonamides is 1. The number of amides is 4. The number of nitrogens with one attached hydrogen (secondary N) is 3. The number of carboxylic acid groups (broad SMARTS) is 1. The van der Waals surface area contributed by atoms with Crippen LogP contribution in [0.2, 0.25) is 0 Å². The summed E-state index contributed by atoms with van der Waals surface area (Å²) in [4.78, 5) is 60.4. The molecular weight excluding hydrogens is 676 g/mol. The van der Waals surface area contributed by atoms with Crippen LogP contribution in [-0.4, -0.2) is 81.7 Å². The highest BCUT2D eigenvalue weighted by molar-refractivity contribution is 7.91. The second-order valence-corrected chi connectivity index (χ2v) is 17.2. The zero-order chi connectivity index (χ0) is 36.3. The van der Waals surface area contributed by atoms with Crippen LogP contribution in [-0.2, 0) is 30.8 Å². The molecule has 1 spiro atoms. The Morgan fingerprint density at radius 1 is 1.16 bits per heavy atom. The number of aryl methyl sites for hydroxylation is 2. The summed E-state index contributed by atoms with van der Waals surface area (Å²) in [5.41, 5.74) is 0.106. The Balaban J connectivity index is 1.24. The van der Waals surface area contributed by atoms with Crippen LogP contribution in [0.15, 0.2) is 30.4 Å². The van der Waals surface area contributed by atoms with Crippen LogP contribution in [0.1, 0.15) is 88.0 Å². The van der Waals surface area contributed by atoms with Gasteiger partial charge in [-0.15, -0.1) is 0 Å². The largest absolute Gasteiger partial charge is 0.483 e. The highest BCUT2D eigenvalue weighted by Gasteiger charge is 2.64. The van der Waals surface area contributed by atoms with Crippen molar-refractivity contribution in [1.82, 2.24) is 25.2 Å². The molecule has 270 valence electrons. The van der Waals surface area contributed by atoms with E-state index in [0.29, 0.717) is 55.5 Å². The maximum Gasteiger partial charge on any atom is 0.405 e. The fourth-order valence-electron chi connectivity index (χ4n) is 7.91. The van der Waals surface area contributed by atoms with Crippen molar-refractivity contribution in [3.05, 3.63) is 47.2 Å². The van der Waals surface area contributed by atoms with Crippen LogP contribution in [0.4, 0.5) is 4.79 Å². The highest BCUT2D eigenvalue weighted by Crippen LogP contribution is 2.49. The number of ether oxygens (including phenoxy) is 1. The van der Waals surface area contributed by atoms with E-state index in [0.717, 1.165) is 29.3 Å². The average molecular weight is 719 g/mol. The molecule has 5 aliphatic rings. The van der Waals surface area contributed by atoms with Gasteiger partial charge in [-0.05, 0) is 83.4 Å². The molecule has 2 saturated carbocycles. The number of aromatic nitrogens is 1. The van der Waals surface area contributed by atoms with Gasteiger partial charge >= 0.3 is 6.09 Å². The first-order chi connectivity index (χ1) is 24.2. The first-order valence-corrected chi connectivity index (χ1v) is 19.1. The van der Waals surface area contributed by atoms with Gasteiger partial charge in [0.2, 0.25) is 21.8 Å². The molecule has 0 radical (unpaired) electrons. The summed E-state index contributed by atoms with van der Waals surface area (Å²) in [6, 6.07) is 5.17. The molecular formula is C36H42N6O8S. The Hall–Kier alpha value is -4.71. The topological polar surface area (TPSA) is 208 Å². The molecule has 4 amide bonds. The molecule has 3 aliphatic heterocycles. The summed E-state index contributed by atoms with van der Waals surface area (Å²) in [5.74, 6) is -1.97. The maximum atomic E-state index is 14.4. The van der Waals surface area contributed by atoms with Crippen molar-refractivity contribution >= 4 is 44.7 Å². The standard InChI is InChI=1S/C36H42N6O8S/c1-21-29-24(25-16-22(19-37)10-11-26(25)38-21)12-13-35(50-29)18-28-30(43)40-36(32(45)41-51(48,49)34(2)14-15-34)17-23(36)8-6-4-3-5-7-9-27(39-33(46)47)31(44)42(28)20-35/h6,8,10-11,16,23,27-28,39H,3-5,7,9,12-15,17-18,20H2,1-2H3,(H,40,43)(H,41,45)(H,46,47)/t23-,27+,28+,35-,36-/m1/s1. The van der Waals surface area contributed by atoms with Crippen LogP contribution in [0.25, 0.3) is 10.9 Å². The molecule has 5 atom stereocenters. The number of fused-ring (bicyclic) bond motifs is 5. The molecule has 15 heteroatoms. The van der Waals surface area contributed by atoms with Gasteiger partial charge in [-0.2, -0.15) is 5.26 Å². The molecule has 14 nitrogen and oxygen atoms in total. The van der Waals surface area contributed by atoms with Crippen molar-refractivity contribution in [2.24, 2.45) is 5.92 Å². The number of hydrogen-bond acceptors (Lipinski definition) is 9. The Bertz CT molecular complexity index is 2020. The van der Waals surface area contributed by atoms with Crippen molar-refractivity contribution in [3.63, 3.8) is 0 Å². The number of pyridine rings is 1. The van der Waals surface area contributed by atoms with Crippen molar-refractivity contribution < 1.29 is 37.4 Å². The number of carbonyl (C=O) groups is 4. The van der Waals surface area contributed by atoms with Gasteiger partial charge in [-0.1, -0.05) is 25.0 Å². The SMILES string of the molecule is Cc1nc2ccc(C#N)cc2c2c1O[C@]1(CC2)C[C@H]2C(=O)N[C@]3(C(=O)NS(=O)(=O)C4(C)CC4)C[C@H]3C=CCCCCC[C@H](NC(=O)O)C(=O)N2C1. The fraction of sp³-hybridized carbons (Fsp3) is 0.556. The van der Waals surface area contributed by atoms with Crippen LogP contribution in [0.5, 0.6) is 5.75 Å². The number of nitrogens with zero attached hydrogens (tertiary/aromatic N) is 3. The predicted octanol–water partition coefficient (Wildman–Crippen LogP) is 3.11. The summed E-state index contributed by atoms with van der Waals surface area (Å²) >= 11 is 0. The summed E-state index contributed by atoms with van der Waals surface area (Å²) in [6.07, 6.45) is 7.37. The highest BCUT2D eigenvalue weighted by atomic mass is 32.2. The number of carbonyl (C=O) groups excluding carboxylic acids is 3. The van der Waals surface area contributed by atoms with E-state index in [2.05, 4.69) is 21.4 Å². The normalized spacial score (nSPS) is 30.0. The van der Waals surface area contributed by atoms with Crippen molar-refractivity contribution in [3.8, 4) is 11.8 Å². The first kappa shape index (κ1) is 34.7. The van der Waals surface area contributed by atoms with Crippen LogP contribution >= 0.6 is 0 Å². The van der Waals surface area contributed by atoms with Crippen LogP contribution in [0.3, 0.4) is 0 Å². The predicted molar refractivity (Wildman–Crippen MR) is 184 cm³/mol. The molecule has 1 saturated heterocycles. The van der Waals surface area contributed by atoms with Crippen molar-refractivity contribution in [2.45, 2.75) is 112 Å². The van der Waals surface area contributed by atoms with Gasteiger partial charge in [0.05, 0.1) is 34.1 Å². The number of allylic oxidation sites excluding steroid dienone is 1. The Morgan fingerprint density at radius 3 is 2.67 bits per heavy atom. The summed E-state index contributed by atoms with van der Waals surface area (Å²) in [6.45, 7) is 3.37. The van der Waals surface area contributed by atoms with Gasteiger partial charge in [-0.25, -0.2) is 18.2 Å². The van der Waals surface area contributed by atoms with Crippen molar-refractivity contribution in [2.75, 3.05) is 6.54 Å². The number of rotatable bonds is 4. The van der Waals surface area contributed by atoms with Gasteiger partial charge in [0.15, 0.2) is 0 Å². The molecule has 3 fully saturated rings. The third kappa shape index (κ3) is 6.28. The minimum absolute atomic E-state index is 0.0217. The van der Waals surface area contributed by atoms with Gasteiger partial charge in [0, 0.05) is 23.3 Å². The van der Waals surface area contributed by atoms with E-state index < -0.39 is 67.7 Å². The minimum atomic E-state index is -4.00. The smallest absolute Gasteiger partial charge is 0.405 e. The summed E-state index contributed by atoms with van der Waals surface area (Å²) in [7, 11) is -4.00. The number of benzene rings is 1. The van der Waals surface area contributed by atoms with Crippen LogP contribution < -0.4 is 20.1 Å². The lowest BCUT2D eigenvalue weighted by Gasteiger charge is -2.36. The second kappa shape index (κ2) is 12.5. The maximum absolute atomic E-state index is 14.4. The average Bonchev–Trinajstić information content (AvgIpc) is 3.98. The molecule has 1 aromatic carbocycles. The zero-order valence-electron chi connectivity index (χ0n) is 28.7. The Labute approximate surface area is 296 Å². The molecule has 4 heterocycles. The van der Waals surface area contributed by atoms with Gasteiger partial charge in [0.25, 0.3) is 5.91 Å². The number of nitriles is 1. The van der Waals surface area contributed by atoms with Gasteiger partial charge in [0.1, 0.15) is 29.0 Å². The molecule has 1 aromatic heterocycles. The Morgan fingerprint density at radius 2 is 1.94 bits per heavy atom. The van der Waals surface area contributed by atoms with E-state index in [1.54, 1.807) is 25.1 Å². The fourth-order valence-corrected chi connectivity index (χ4v) is 9.22. The zero-order valence-corrected chi connectivity index (χ0v) is 29.5. The quantitative estimate of drug-likeness (QED) is 0.340. The summed E-state index contributed by atoms with van der Waals surface area (Å²) in [5, 5.41) is 25.2. The molecule has 7 rings (SSSR count). The van der Waals surface area contributed by atoms with Gasteiger partial charge in [-0.3, -0.25) is 19.1 Å².